The van der Waals surface area contributed by atoms with Gasteiger partial charge in [-0.25, -0.2) is 4.79 Å². The number of fused-ring (bicyclic) bond motifs is 1. The Labute approximate surface area is 138 Å². The largest absolute Gasteiger partial charge is 0.422 e. The predicted octanol–water partition coefficient (Wildman–Crippen LogP) is 0.770. The smallest absolute Gasteiger partial charge is 0.349 e. The number of ether oxygens (including phenoxy) is 1. The van der Waals surface area contributed by atoms with Gasteiger partial charge in [-0.2, -0.15) is 0 Å². The highest BCUT2D eigenvalue weighted by atomic mass is 16.5. The maximum absolute atomic E-state index is 12.3. The molecule has 1 aromatic heterocycles. The number of para-hydroxylation sites is 1. The van der Waals surface area contributed by atoms with E-state index in [0.29, 0.717) is 37.3 Å². The van der Waals surface area contributed by atoms with Gasteiger partial charge in [0.2, 0.25) is 5.91 Å². The Morgan fingerprint density at radius 1 is 1.21 bits per heavy atom. The monoisotopic (exact) mass is 330 g/mol. The molecule has 0 unspecified atom stereocenters. The molecule has 1 N–H and O–H groups in total. The zero-order valence-electron chi connectivity index (χ0n) is 13.3. The van der Waals surface area contributed by atoms with Gasteiger partial charge in [0.05, 0.1) is 13.2 Å². The maximum Gasteiger partial charge on any atom is 0.349 e. The van der Waals surface area contributed by atoms with Gasteiger partial charge in [0, 0.05) is 18.5 Å². The van der Waals surface area contributed by atoms with Gasteiger partial charge in [-0.15, -0.1) is 0 Å². The number of nitrogens with zero attached hydrogens (tertiary/aromatic N) is 1. The first-order chi connectivity index (χ1) is 11.6. The lowest BCUT2D eigenvalue weighted by atomic mass is 10.1. The van der Waals surface area contributed by atoms with Crippen LogP contribution in [-0.4, -0.2) is 49.1 Å². The summed E-state index contributed by atoms with van der Waals surface area (Å²) in [5.41, 5.74) is -0.427. The Morgan fingerprint density at radius 2 is 1.92 bits per heavy atom. The van der Waals surface area contributed by atoms with Crippen molar-refractivity contribution < 1.29 is 18.7 Å². The Bertz CT molecular complexity index is 823. The van der Waals surface area contributed by atoms with E-state index in [-0.39, 0.29) is 11.5 Å². The van der Waals surface area contributed by atoms with Gasteiger partial charge >= 0.3 is 5.63 Å². The van der Waals surface area contributed by atoms with Gasteiger partial charge in [0.15, 0.2) is 0 Å². The van der Waals surface area contributed by atoms with E-state index in [9.17, 15) is 14.4 Å². The molecule has 0 bridgehead atoms. The fourth-order valence-electron chi connectivity index (χ4n) is 2.61. The van der Waals surface area contributed by atoms with Crippen LogP contribution < -0.4 is 10.9 Å². The van der Waals surface area contributed by atoms with Gasteiger partial charge in [0.1, 0.15) is 17.2 Å². The fourth-order valence-corrected chi connectivity index (χ4v) is 2.61. The summed E-state index contributed by atoms with van der Waals surface area (Å²) in [4.78, 5) is 38.3. The summed E-state index contributed by atoms with van der Waals surface area (Å²) >= 11 is 0. The molecular weight excluding hydrogens is 312 g/mol. The third-order valence-electron chi connectivity index (χ3n) is 3.93. The van der Waals surface area contributed by atoms with Gasteiger partial charge in [-0.1, -0.05) is 18.2 Å². The van der Waals surface area contributed by atoms with Crippen LogP contribution in [-0.2, 0) is 9.53 Å². The molecular formula is C17H18N2O5. The molecule has 126 valence electrons. The van der Waals surface area contributed by atoms with Gasteiger partial charge in [-0.05, 0) is 19.1 Å². The summed E-state index contributed by atoms with van der Waals surface area (Å²) in [7, 11) is 0. The van der Waals surface area contributed by atoms with Crippen LogP contribution in [0.1, 0.15) is 17.3 Å². The molecule has 1 saturated heterocycles. The number of morpholine rings is 1. The normalized spacial score (nSPS) is 16.0. The molecule has 2 heterocycles. The summed E-state index contributed by atoms with van der Waals surface area (Å²) in [6.07, 6.45) is 0. The maximum atomic E-state index is 12.3. The molecule has 2 aromatic rings. The summed E-state index contributed by atoms with van der Waals surface area (Å²) in [5, 5.41) is 3.22. The highest BCUT2D eigenvalue weighted by Gasteiger charge is 2.25. The second-order valence-corrected chi connectivity index (χ2v) is 5.62. The minimum atomic E-state index is -0.735. The lowest BCUT2D eigenvalue weighted by Crippen LogP contribution is -2.50. The summed E-state index contributed by atoms with van der Waals surface area (Å²) in [5.74, 6) is -0.819. The molecule has 0 spiro atoms. The van der Waals surface area contributed by atoms with E-state index in [4.69, 9.17) is 9.15 Å². The van der Waals surface area contributed by atoms with Crippen LogP contribution in [0.4, 0.5) is 0 Å². The minimum absolute atomic E-state index is 0.115. The molecule has 2 amide bonds. The predicted molar refractivity (Wildman–Crippen MR) is 86.8 cm³/mol. The molecule has 0 radical (unpaired) electrons. The van der Waals surface area contributed by atoms with E-state index in [0.717, 1.165) is 0 Å². The number of amides is 2. The van der Waals surface area contributed by atoms with Crippen molar-refractivity contribution in [3.05, 3.63) is 46.3 Å². The van der Waals surface area contributed by atoms with Crippen LogP contribution in [0.5, 0.6) is 0 Å². The highest BCUT2D eigenvalue weighted by Crippen LogP contribution is 2.12. The van der Waals surface area contributed by atoms with Crippen molar-refractivity contribution >= 4 is 22.8 Å². The number of carbonyl (C=O) groups excluding carboxylic acids is 2. The third-order valence-corrected chi connectivity index (χ3v) is 3.93. The topological polar surface area (TPSA) is 88.8 Å². The highest BCUT2D eigenvalue weighted by molar-refractivity contribution is 5.99. The van der Waals surface area contributed by atoms with Crippen LogP contribution in [0.2, 0.25) is 0 Å². The van der Waals surface area contributed by atoms with Crippen molar-refractivity contribution in [2.45, 2.75) is 13.0 Å². The fraction of sp³-hybridized carbons (Fsp3) is 0.353. The zero-order valence-corrected chi connectivity index (χ0v) is 13.3. The van der Waals surface area contributed by atoms with Crippen molar-refractivity contribution in [2.75, 3.05) is 26.3 Å². The van der Waals surface area contributed by atoms with Crippen LogP contribution in [0.15, 0.2) is 39.5 Å². The molecule has 1 fully saturated rings. The number of carbonyl (C=O) groups is 2. The van der Waals surface area contributed by atoms with Crippen molar-refractivity contribution in [3.63, 3.8) is 0 Å². The van der Waals surface area contributed by atoms with Crippen LogP contribution in [0.3, 0.4) is 0 Å². The molecule has 7 heteroatoms. The Kier molecular flexibility index (Phi) is 4.61. The SMILES string of the molecule is C[C@H](NC(=O)c1cc2ccccc2oc1=O)C(=O)N1CCOCC1. The molecule has 24 heavy (non-hydrogen) atoms. The number of benzene rings is 1. The van der Waals surface area contributed by atoms with E-state index in [1.807, 2.05) is 0 Å². The van der Waals surface area contributed by atoms with Gasteiger partial charge < -0.3 is 19.4 Å². The Balaban J connectivity index is 1.75. The average molecular weight is 330 g/mol. The molecule has 1 atom stereocenters. The van der Waals surface area contributed by atoms with Gasteiger partial charge in [0.25, 0.3) is 5.91 Å². The lowest BCUT2D eigenvalue weighted by molar-refractivity contribution is -0.136. The first-order valence-corrected chi connectivity index (χ1v) is 7.76. The van der Waals surface area contributed by atoms with Crippen LogP contribution in [0.25, 0.3) is 11.0 Å². The van der Waals surface area contributed by atoms with Crippen molar-refractivity contribution in [2.24, 2.45) is 0 Å². The van der Waals surface area contributed by atoms with Crippen molar-refractivity contribution in [1.82, 2.24) is 10.2 Å². The molecule has 0 saturated carbocycles. The van der Waals surface area contributed by atoms with Crippen molar-refractivity contribution in [3.8, 4) is 0 Å². The van der Waals surface area contributed by atoms with E-state index >= 15 is 0 Å². The lowest BCUT2D eigenvalue weighted by Gasteiger charge is -2.29. The molecule has 7 nitrogen and oxygen atoms in total. The second-order valence-electron chi connectivity index (χ2n) is 5.62. The summed E-state index contributed by atoms with van der Waals surface area (Å²) < 4.78 is 10.3. The molecule has 1 aliphatic heterocycles. The number of nitrogens with one attached hydrogen (secondary N) is 1. The first kappa shape index (κ1) is 16.2. The van der Waals surface area contributed by atoms with E-state index in [1.54, 1.807) is 36.1 Å². The molecule has 1 aromatic carbocycles. The Hall–Kier alpha value is -2.67. The third kappa shape index (κ3) is 3.30. The van der Waals surface area contributed by atoms with E-state index in [1.165, 1.54) is 6.07 Å². The van der Waals surface area contributed by atoms with E-state index in [2.05, 4.69) is 5.32 Å². The molecule has 3 rings (SSSR count). The van der Waals surface area contributed by atoms with Gasteiger partial charge in [-0.3, -0.25) is 9.59 Å². The minimum Gasteiger partial charge on any atom is -0.422 e. The average Bonchev–Trinajstić information content (AvgIpc) is 2.61. The second kappa shape index (κ2) is 6.84. The van der Waals surface area contributed by atoms with Crippen molar-refractivity contribution in [1.29, 1.82) is 0 Å². The molecule has 0 aliphatic carbocycles. The zero-order chi connectivity index (χ0) is 17.1. The van der Waals surface area contributed by atoms with Crippen LogP contribution in [0, 0.1) is 0 Å². The Morgan fingerprint density at radius 3 is 2.67 bits per heavy atom. The quantitative estimate of drug-likeness (QED) is 0.840. The van der Waals surface area contributed by atoms with E-state index < -0.39 is 17.6 Å². The number of hydrogen-bond donors (Lipinski definition) is 1. The number of rotatable bonds is 3. The first-order valence-electron chi connectivity index (χ1n) is 7.76. The van der Waals surface area contributed by atoms with Crippen LogP contribution >= 0.6 is 0 Å². The number of hydrogen-bond acceptors (Lipinski definition) is 5. The summed E-state index contributed by atoms with van der Waals surface area (Å²) in [6.45, 7) is 3.56. The standard InChI is InChI=1S/C17H18N2O5/c1-11(16(21)19-6-8-23-9-7-19)18-15(20)13-10-12-4-2-3-5-14(12)24-17(13)22/h2-5,10-11H,6-9H2,1H3,(H,18,20)/t11-/m0/s1. The molecule has 1 aliphatic rings. The summed E-state index contributed by atoms with van der Waals surface area (Å²) in [6, 6.07) is 7.67.